The number of carbonyl (C=O) groups excluding carboxylic acids is 1. The average Bonchev–Trinajstić information content (AvgIpc) is 3.26. The van der Waals surface area contributed by atoms with Gasteiger partial charge in [0.25, 0.3) is 5.91 Å². The number of carbonyl (C=O) groups is 1. The van der Waals surface area contributed by atoms with E-state index >= 15 is 0 Å². The standard InChI is InChI=1S/C23H24N8O3/c1-13-9-20(32)25-19-8-14(2)18(11-16(13)19)26-23(33)17-10-15(21-27-29-30(3)28-21)12-24-22(17)31-4-6-34-7-5-31/h8-12H,4-7H2,1-3H3,(H,25,32)(H,26,33). The summed E-state index contributed by atoms with van der Waals surface area (Å²) in [5.74, 6) is 0.663. The van der Waals surface area contributed by atoms with Gasteiger partial charge in [-0.1, -0.05) is 0 Å². The lowest BCUT2D eigenvalue weighted by Gasteiger charge is -2.29. The van der Waals surface area contributed by atoms with E-state index in [1.807, 2.05) is 30.9 Å². The van der Waals surface area contributed by atoms with E-state index in [1.54, 1.807) is 25.4 Å². The molecule has 0 saturated carbocycles. The number of morpholine rings is 1. The molecule has 0 atom stereocenters. The van der Waals surface area contributed by atoms with Gasteiger partial charge in [-0.3, -0.25) is 9.59 Å². The summed E-state index contributed by atoms with van der Waals surface area (Å²) in [5, 5.41) is 16.1. The Balaban J connectivity index is 1.55. The minimum atomic E-state index is -0.302. The molecule has 1 aliphatic heterocycles. The summed E-state index contributed by atoms with van der Waals surface area (Å²) < 4.78 is 5.46. The van der Waals surface area contributed by atoms with Crippen molar-refractivity contribution >= 4 is 28.3 Å². The van der Waals surface area contributed by atoms with E-state index in [4.69, 9.17) is 4.74 Å². The molecule has 11 nitrogen and oxygen atoms in total. The quantitative estimate of drug-likeness (QED) is 0.472. The van der Waals surface area contributed by atoms with Crippen LogP contribution in [0.2, 0.25) is 0 Å². The first-order valence-corrected chi connectivity index (χ1v) is 10.9. The van der Waals surface area contributed by atoms with Crippen molar-refractivity contribution < 1.29 is 9.53 Å². The lowest BCUT2D eigenvalue weighted by molar-refractivity contribution is 0.102. The van der Waals surface area contributed by atoms with Gasteiger partial charge in [0.05, 0.1) is 25.8 Å². The van der Waals surface area contributed by atoms with E-state index in [1.165, 1.54) is 4.80 Å². The van der Waals surface area contributed by atoms with Crippen LogP contribution in [-0.4, -0.2) is 62.4 Å². The number of rotatable bonds is 4. The Hall–Kier alpha value is -4.12. The Morgan fingerprint density at radius 1 is 1.12 bits per heavy atom. The summed E-state index contributed by atoms with van der Waals surface area (Å²) in [6, 6.07) is 7.02. The summed E-state index contributed by atoms with van der Waals surface area (Å²) in [6.45, 7) is 6.16. The van der Waals surface area contributed by atoms with Crippen molar-refractivity contribution in [2.24, 2.45) is 7.05 Å². The van der Waals surface area contributed by atoms with Crippen LogP contribution in [0.25, 0.3) is 22.3 Å². The molecule has 0 unspecified atom stereocenters. The number of nitrogens with one attached hydrogen (secondary N) is 2. The molecule has 0 bridgehead atoms. The second-order valence-electron chi connectivity index (χ2n) is 8.28. The van der Waals surface area contributed by atoms with E-state index in [9.17, 15) is 9.59 Å². The number of nitrogens with zero attached hydrogens (tertiary/aromatic N) is 6. The number of ether oxygens (including phenoxy) is 1. The number of H-pyrrole nitrogens is 1. The lowest BCUT2D eigenvalue weighted by Crippen LogP contribution is -2.38. The third kappa shape index (κ3) is 4.13. The summed E-state index contributed by atoms with van der Waals surface area (Å²) in [4.78, 5) is 36.2. The molecule has 3 aromatic heterocycles. The highest BCUT2D eigenvalue weighted by molar-refractivity contribution is 6.09. The number of hydrogen-bond acceptors (Lipinski definition) is 8. The fourth-order valence-corrected chi connectivity index (χ4v) is 4.08. The third-order valence-corrected chi connectivity index (χ3v) is 5.83. The van der Waals surface area contributed by atoms with Crippen molar-refractivity contribution in [3.05, 3.63) is 57.5 Å². The minimum absolute atomic E-state index is 0.156. The molecule has 0 aliphatic carbocycles. The molecule has 0 radical (unpaired) electrons. The van der Waals surface area contributed by atoms with Crippen LogP contribution in [0.15, 0.2) is 35.3 Å². The van der Waals surface area contributed by atoms with Gasteiger partial charge in [0.15, 0.2) is 0 Å². The first-order chi connectivity index (χ1) is 16.4. The molecule has 0 spiro atoms. The van der Waals surface area contributed by atoms with E-state index in [-0.39, 0.29) is 11.5 Å². The number of pyridine rings is 2. The van der Waals surface area contributed by atoms with E-state index < -0.39 is 0 Å². The van der Waals surface area contributed by atoms with Gasteiger partial charge in [-0.2, -0.15) is 4.80 Å². The van der Waals surface area contributed by atoms with Gasteiger partial charge >= 0.3 is 0 Å². The van der Waals surface area contributed by atoms with Crippen molar-refractivity contribution in [3.8, 4) is 11.4 Å². The summed E-state index contributed by atoms with van der Waals surface area (Å²) in [6.07, 6.45) is 1.65. The lowest BCUT2D eigenvalue weighted by atomic mass is 10.1. The number of aryl methyl sites for hydroxylation is 3. The van der Waals surface area contributed by atoms with Crippen LogP contribution in [0.4, 0.5) is 11.5 Å². The van der Waals surface area contributed by atoms with Gasteiger partial charge in [0.1, 0.15) is 5.82 Å². The largest absolute Gasteiger partial charge is 0.378 e. The van der Waals surface area contributed by atoms with Crippen LogP contribution in [0, 0.1) is 13.8 Å². The predicted molar refractivity (Wildman–Crippen MR) is 127 cm³/mol. The number of benzene rings is 1. The van der Waals surface area contributed by atoms with Gasteiger partial charge in [-0.15, -0.1) is 10.2 Å². The molecule has 1 aliphatic rings. The maximum atomic E-state index is 13.6. The zero-order valence-corrected chi connectivity index (χ0v) is 19.1. The van der Waals surface area contributed by atoms with Crippen LogP contribution in [0.1, 0.15) is 21.5 Å². The Kier molecular flexibility index (Phi) is 5.54. The number of hydrogen-bond donors (Lipinski definition) is 2. The first-order valence-electron chi connectivity index (χ1n) is 10.9. The van der Waals surface area contributed by atoms with Crippen LogP contribution in [0.3, 0.4) is 0 Å². The van der Waals surface area contributed by atoms with Crippen LogP contribution < -0.4 is 15.8 Å². The second kappa shape index (κ2) is 8.67. The van der Waals surface area contributed by atoms with Gasteiger partial charge in [0, 0.05) is 47.5 Å². The average molecular weight is 460 g/mol. The van der Waals surface area contributed by atoms with Crippen molar-refractivity contribution in [2.45, 2.75) is 13.8 Å². The Morgan fingerprint density at radius 3 is 2.65 bits per heavy atom. The molecule has 4 heterocycles. The Labute approximate surface area is 194 Å². The smallest absolute Gasteiger partial charge is 0.259 e. The van der Waals surface area contributed by atoms with Gasteiger partial charge in [-0.05, 0) is 48.4 Å². The number of tetrazole rings is 1. The second-order valence-corrected chi connectivity index (χ2v) is 8.28. The zero-order chi connectivity index (χ0) is 23.8. The molecule has 4 aromatic rings. The summed E-state index contributed by atoms with van der Waals surface area (Å²) in [7, 11) is 1.68. The van der Waals surface area contributed by atoms with Gasteiger partial charge < -0.3 is 19.9 Å². The van der Waals surface area contributed by atoms with Gasteiger partial charge in [-0.25, -0.2) is 4.98 Å². The maximum Gasteiger partial charge on any atom is 0.259 e. The number of anilines is 2. The monoisotopic (exact) mass is 460 g/mol. The molecule has 1 saturated heterocycles. The van der Waals surface area contributed by atoms with Crippen molar-refractivity contribution in [2.75, 3.05) is 36.5 Å². The van der Waals surface area contributed by atoms with E-state index in [0.717, 1.165) is 22.0 Å². The molecular formula is C23H24N8O3. The number of aromatic nitrogens is 6. The summed E-state index contributed by atoms with van der Waals surface area (Å²) in [5.41, 5.74) is 3.89. The van der Waals surface area contributed by atoms with E-state index in [2.05, 4.69) is 30.7 Å². The summed E-state index contributed by atoms with van der Waals surface area (Å²) >= 11 is 0. The predicted octanol–water partition coefficient (Wildman–Crippen LogP) is 1.82. The molecule has 1 aromatic carbocycles. The first kappa shape index (κ1) is 21.7. The molecule has 5 rings (SSSR count). The van der Waals surface area contributed by atoms with Crippen LogP contribution in [-0.2, 0) is 11.8 Å². The third-order valence-electron chi connectivity index (χ3n) is 5.83. The molecule has 2 N–H and O–H groups in total. The maximum absolute atomic E-state index is 13.6. The molecule has 11 heteroatoms. The van der Waals surface area contributed by atoms with Crippen molar-refractivity contribution in [1.29, 1.82) is 0 Å². The fourth-order valence-electron chi connectivity index (χ4n) is 4.08. The van der Waals surface area contributed by atoms with Gasteiger partial charge in [0.2, 0.25) is 11.4 Å². The SMILES string of the molecule is Cc1cc2[nH]c(=O)cc(C)c2cc1NC(=O)c1cc(-c2nnn(C)n2)cnc1N1CCOCC1. The molecule has 174 valence electrons. The topological polar surface area (TPSA) is 131 Å². The minimum Gasteiger partial charge on any atom is -0.378 e. The highest BCUT2D eigenvalue weighted by Gasteiger charge is 2.23. The highest BCUT2D eigenvalue weighted by atomic mass is 16.5. The normalized spacial score (nSPS) is 13.9. The number of amides is 1. The molecule has 1 amide bonds. The van der Waals surface area contributed by atoms with Crippen LogP contribution >= 0.6 is 0 Å². The van der Waals surface area contributed by atoms with Crippen molar-refractivity contribution in [1.82, 2.24) is 30.2 Å². The number of fused-ring (bicyclic) bond motifs is 1. The van der Waals surface area contributed by atoms with E-state index in [0.29, 0.717) is 54.8 Å². The Bertz CT molecular complexity index is 1450. The van der Waals surface area contributed by atoms with Crippen molar-refractivity contribution in [3.63, 3.8) is 0 Å². The zero-order valence-electron chi connectivity index (χ0n) is 19.1. The molecular weight excluding hydrogens is 436 g/mol. The Morgan fingerprint density at radius 2 is 1.91 bits per heavy atom. The molecule has 1 fully saturated rings. The highest BCUT2D eigenvalue weighted by Crippen LogP contribution is 2.28. The number of aromatic amines is 1. The molecule has 34 heavy (non-hydrogen) atoms. The van der Waals surface area contributed by atoms with Crippen LogP contribution in [0.5, 0.6) is 0 Å². The fraction of sp³-hybridized carbons (Fsp3) is 0.304.